The van der Waals surface area contributed by atoms with Gasteiger partial charge in [0.15, 0.2) is 16.7 Å². The van der Waals surface area contributed by atoms with Crippen LogP contribution in [-0.4, -0.2) is 67.4 Å². The van der Waals surface area contributed by atoms with Gasteiger partial charge in [0.1, 0.15) is 22.6 Å². The SMILES string of the molecule is C=CCO[C@H]1CN(c2nc(-c3ncnn3C)c(C(=O)O)s2)CC[C@H]1CC(=O)c1[nH]c(C)c(Cl)c1Cl. The van der Waals surface area contributed by atoms with E-state index in [1.807, 2.05) is 4.90 Å². The number of halogens is 2. The van der Waals surface area contributed by atoms with Crippen molar-refractivity contribution < 1.29 is 19.4 Å². The zero-order valence-corrected chi connectivity index (χ0v) is 21.5. The fraction of sp³-hybridized carbons (Fsp3) is 0.409. The third-order valence-corrected chi connectivity index (χ3v) is 7.96. The van der Waals surface area contributed by atoms with Gasteiger partial charge in [-0.2, -0.15) is 5.10 Å². The molecule has 0 unspecified atom stereocenters. The molecule has 35 heavy (non-hydrogen) atoms. The van der Waals surface area contributed by atoms with Gasteiger partial charge in [-0.25, -0.2) is 19.4 Å². The van der Waals surface area contributed by atoms with Crippen molar-refractivity contribution in [1.82, 2.24) is 24.7 Å². The van der Waals surface area contributed by atoms with Gasteiger partial charge in [0.05, 0.1) is 22.8 Å². The van der Waals surface area contributed by atoms with Crippen LogP contribution in [0.25, 0.3) is 11.5 Å². The van der Waals surface area contributed by atoms with Crippen LogP contribution in [0.1, 0.15) is 38.7 Å². The predicted molar refractivity (Wildman–Crippen MR) is 134 cm³/mol. The number of hydrogen-bond acceptors (Lipinski definition) is 8. The molecule has 186 valence electrons. The number of rotatable bonds is 9. The van der Waals surface area contributed by atoms with Crippen LogP contribution in [0.3, 0.4) is 0 Å². The van der Waals surface area contributed by atoms with Gasteiger partial charge in [-0.1, -0.05) is 40.6 Å². The van der Waals surface area contributed by atoms with E-state index in [0.29, 0.717) is 53.5 Å². The summed E-state index contributed by atoms with van der Waals surface area (Å²) in [6.45, 7) is 6.81. The summed E-state index contributed by atoms with van der Waals surface area (Å²) in [5.41, 5.74) is 1.22. The van der Waals surface area contributed by atoms with Gasteiger partial charge in [-0.3, -0.25) is 4.79 Å². The van der Waals surface area contributed by atoms with Crippen LogP contribution < -0.4 is 4.90 Å². The monoisotopic (exact) mass is 538 g/mol. The van der Waals surface area contributed by atoms with Gasteiger partial charge in [-0.05, 0) is 19.3 Å². The average molecular weight is 539 g/mol. The van der Waals surface area contributed by atoms with E-state index in [-0.39, 0.29) is 39.8 Å². The Balaban J connectivity index is 1.55. The molecule has 2 N–H and O–H groups in total. The zero-order chi connectivity index (χ0) is 25.3. The van der Waals surface area contributed by atoms with Crippen molar-refractivity contribution >= 4 is 51.4 Å². The molecule has 0 amide bonds. The van der Waals surface area contributed by atoms with Crippen molar-refractivity contribution in [3.05, 3.63) is 45.3 Å². The summed E-state index contributed by atoms with van der Waals surface area (Å²) < 4.78 is 7.51. The third-order valence-electron chi connectivity index (χ3n) is 5.91. The minimum Gasteiger partial charge on any atom is -0.477 e. The number of aromatic nitrogens is 5. The highest BCUT2D eigenvalue weighted by atomic mass is 35.5. The summed E-state index contributed by atoms with van der Waals surface area (Å²) in [7, 11) is 1.68. The number of H-pyrrole nitrogens is 1. The number of aromatic amines is 1. The van der Waals surface area contributed by atoms with Crippen molar-refractivity contribution in [2.45, 2.75) is 25.9 Å². The minimum atomic E-state index is -1.08. The van der Waals surface area contributed by atoms with Crippen LogP contribution in [0.15, 0.2) is 19.0 Å². The second-order valence-electron chi connectivity index (χ2n) is 8.22. The number of carbonyl (C=O) groups excluding carboxylic acids is 1. The summed E-state index contributed by atoms with van der Waals surface area (Å²) in [4.78, 5) is 38.7. The Morgan fingerprint density at radius 2 is 2.17 bits per heavy atom. The standard InChI is InChI=1S/C22H24Cl2N6O4S/c1-4-7-34-14-9-30(6-5-12(14)8-13(31)17-16(24)15(23)11(2)27-17)22-28-18(19(35-22)21(32)33)20-25-10-26-29(20)3/h4,10,12,14,27H,1,5-9H2,2-3H3,(H,32,33)/t12-,14-/m0/s1. The fourth-order valence-electron chi connectivity index (χ4n) is 4.11. The van der Waals surface area contributed by atoms with Crippen LogP contribution in [-0.2, 0) is 11.8 Å². The van der Waals surface area contributed by atoms with E-state index in [1.54, 1.807) is 20.0 Å². The number of carbonyl (C=O) groups is 2. The zero-order valence-electron chi connectivity index (χ0n) is 19.1. The van der Waals surface area contributed by atoms with E-state index < -0.39 is 5.97 Å². The molecule has 0 aliphatic carbocycles. The number of ether oxygens (including phenoxy) is 1. The highest BCUT2D eigenvalue weighted by Crippen LogP contribution is 2.36. The first-order chi connectivity index (χ1) is 16.7. The van der Waals surface area contributed by atoms with Gasteiger partial charge >= 0.3 is 5.97 Å². The van der Waals surface area contributed by atoms with E-state index in [1.165, 1.54) is 11.0 Å². The van der Waals surface area contributed by atoms with Gasteiger partial charge in [0.2, 0.25) is 0 Å². The lowest BCUT2D eigenvalue weighted by atomic mass is 9.88. The molecule has 1 fully saturated rings. The number of aromatic carboxylic acids is 1. The highest BCUT2D eigenvalue weighted by molar-refractivity contribution is 7.17. The maximum atomic E-state index is 13.0. The van der Waals surface area contributed by atoms with E-state index in [4.69, 9.17) is 27.9 Å². The van der Waals surface area contributed by atoms with Gasteiger partial charge in [-0.15, -0.1) is 6.58 Å². The Labute approximate surface area is 215 Å². The van der Waals surface area contributed by atoms with Crippen molar-refractivity contribution in [1.29, 1.82) is 0 Å². The number of anilines is 1. The molecule has 0 aromatic carbocycles. The van der Waals surface area contributed by atoms with E-state index in [0.717, 1.165) is 11.3 Å². The van der Waals surface area contributed by atoms with Crippen LogP contribution in [0.5, 0.6) is 0 Å². The Kier molecular flexibility index (Phi) is 7.60. The maximum Gasteiger partial charge on any atom is 0.348 e. The molecule has 0 saturated carbocycles. The number of nitrogens with one attached hydrogen (secondary N) is 1. The molecule has 4 rings (SSSR count). The van der Waals surface area contributed by atoms with Crippen LogP contribution >= 0.6 is 34.5 Å². The number of aryl methyl sites for hydroxylation is 2. The minimum absolute atomic E-state index is 0.0748. The van der Waals surface area contributed by atoms with Crippen molar-refractivity contribution in [3.63, 3.8) is 0 Å². The van der Waals surface area contributed by atoms with E-state index in [9.17, 15) is 14.7 Å². The highest BCUT2D eigenvalue weighted by Gasteiger charge is 2.35. The lowest BCUT2D eigenvalue weighted by Gasteiger charge is -2.38. The normalized spacial score (nSPS) is 18.1. The molecule has 0 spiro atoms. The largest absolute Gasteiger partial charge is 0.477 e. The Bertz CT molecular complexity index is 1270. The first-order valence-corrected chi connectivity index (χ1v) is 12.4. The lowest BCUT2D eigenvalue weighted by Crippen LogP contribution is -2.46. The number of thiazole rings is 1. The molecule has 13 heteroatoms. The van der Waals surface area contributed by atoms with E-state index >= 15 is 0 Å². The predicted octanol–water partition coefficient (Wildman–Crippen LogP) is 4.25. The van der Waals surface area contributed by atoms with E-state index in [2.05, 4.69) is 26.6 Å². The first-order valence-electron chi connectivity index (χ1n) is 10.8. The fourth-order valence-corrected chi connectivity index (χ4v) is 5.48. The number of nitrogens with zero attached hydrogens (tertiary/aromatic N) is 5. The first kappa shape index (κ1) is 25.4. The average Bonchev–Trinajstić information content (AvgIpc) is 3.52. The third kappa shape index (κ3) is 5.13. The molecule has 3 aromatic heterocycles. The lowest BCUT2D eigenvalue weighted by molar-refractivity contribution is 0.0184. The summed E-state index contributed by atoms with van der Waals surface area (Å²) in [5.74, 6) is -0.915. The number of carboxylic acid groups (broad SMARTS) is 1. The Hall–Kier alpha value is -2.73. The quantitative estimate of drug-likeness (QED) is 0.305. The number of hydrogen-bond donors (Lipinski definition) is 2. The molecule has 3 aromatic rings. The number of Topliss-reactive ketones (excluding diaryl/α,β-unsaturated/α-hetero) is 1. The molecular formula is C22H24Cl2N6O4S. The Morgan fingerprint density at radius 3 is 2.77 bits per heavy atom. The molecule has 0 bridgehead atoms. The molecule has 1 aliphatic heterocycles. The molecule has 0 radical (unpaired) electrons. The summed E-state index contributed by atoms with van der Waals surface area (Å²) in [5, 5.41) is 14.9. The maximum absolute atomic E-state index is 13.0. The van der Waals surface area contributed by atoms with Crippen LogP contribution in [0.4, 0.5) is 5.13 Å². The topological polar surface area (TPSA) is 126 Å². The molecule has 1 aliphatic rings. The summed E-state index contributed by atoms with van der Waals surface area (Å²) >= 11 is 13.5. The summed E-state index contributed by atoms with van der Waals surface area (Å²) in [6, 6.07) is 0. The molecule has 10 nitrogen and oxygen atoms in total. The van der Waals surface area contributed by atoms with Gasteiger partial charge in [0, 0.05) is 32.3 Å². The molecular weight excluding hydrogens is 515 g/mol. The second kappa shape index (κ2) is 10.5. The van der Waals surface area contributed by atoms with Gasteiger partial charge < -0.3 is 19.7 Å². The number of piperidine rings is 1. The second-order valence-corrected chi connectivity index (χ2v) is 9.96. The number of ketones is 1. The van der Waals surface area contributed by atoms with Crippen LogP contribution in [0.2, 0.25) is 10.0 Å². The van der Waals surface area contributed by atoms with Crippen molar-refractivity contribution in [2.75, 3.05) is 24.6 Å². The van der Waals surface area contributed by atoms with Crippen molar-refractivity contribution in [2.24, 2.45) is 13.0 Å². The molecule has 4 heterocycles. The van der Waals surface area contributed by atoms with Gasteiger partial charge in [0.25, 0.3) is 0 Å². The summed E-state index contributed by atoms with van der Waals surface area (Å²) in [6.07, 6.45) is 3.58. The molecule has 2 atom stereocenters. The van der Waals surface area contributed by atoms with Crippen LogP contribution in [0, 0.1) is 12.8 Å². The molecule has 1 saturated heterocycles. The Morgan fingerprint density at radius 1 is 1.40 bits per heavy atom. The van der Waals surface area contributed by atoms with Crippen molar-refractivity contribution in [3.8, 4) is 11.5 Å². The smallest absolute Gasteiger partial charge is 0.348 e. The number of carboxylic acids is 1.